The standard InChI is InChI=1S/C8H5F5O2/c9-4-3(2(15)1-14)5(10)7(12)8(13)6(4)11/h2,14-15H,1H2. The first-order chi connectivity index (χ1) is 6.91. The van der Waals surface area contributed by atoms with Crippen LogP contribution in [-0.4, -0.2) is 16.8 Å². The maximum absolute atomic E-state index is 12.8. The zero-order valence-electron chi connectivity index (χ0n) is 7.07. The Kier molecular flexibility index (Phi) is 3.25. The van der Waals surface area contributed by atoms with Crippen molar-refractivity contribution in [3.05, 3.63) is 34.6 Å². The summed E-state index contributed by atoms with van der Waals surface area (Å²) in [7, 11) is 0. The number of aliphatic hydroxyl groups excluding tert-OH is 2. The predicted octanol–water partition coefficient (Wildman–Crippen LogP) is 1.41. The fraction of sp³-hybridized carbons (Fsp3) is 0.250. The highest BCUT2D eigenvalue weighted by molar-refractivity contribution is 5.26. The van der Waals surface area contributed by atoms with Crippen molar-refractivity contribution < 1.29 is 32.2 Å². The van der Waals surface area contributed by atoms with E-state index in [-0.39, 0.29) is 0 Å². The third kappa shape index (κ3) is 1.80. The van der Waals surface area contributed by atoms with E-state index >= 15 is 0 Å². The minimum absolute atomic E-state index is 1.15. The summed E-state index contributed by atoms with van der Waals surface area (Å²) in [6, 6.07) is 0. The SMILES string of the molecule is OCC(O)c1c(F)c(F)c(F)c(F)c1F. The lowest BCUT2D eigenvalue weighted by Gasteiger charge is -2.11. The Morgan fingerprint density at radius 2 is 1.13 bits per heavy atom. The number of halogens is 5. The van der Waals surface area contributed by atoms with Gasteiger partial charge in [-0.05, 0) is 0 Å². The van der Waals surface area contributed by atoms with Gasteiger partial charge in [0, 0.05) is 0 Å². The molecule has 0 aliphatic rings. The van der Waals surface area contributed by atoms with Crippen molar-refractivity contribution in [1.29, 1.82) is 0 Å². The second-order valence-corrected chi connectivity index (χ2v) is 2.68. The van der Waals surface area contributed by atoms with Gasteiger partial charge in [0.2, 0.25) is 5.82 Å². The highest BCUT2D eigenvalue weighted by atomic mass is 19.2. The zero-order chi connectivity index (χ0) is 11.7. The van der Waals surface area contributed by atoms with Gasteiger partial charge in [0.05, 0.1) is 12.2 Å². The van der Waals surface area contributed by atoms with Gasteiger partial charge in [0.1, 0.15) is 6.10 Å². The van der Waals surface area contributed by atoms with E-state index in [0.29, 0.717) is 0 Å². The molecule has 0 spiro atoms. The van der Waals surface area contributed by atoms with Crippen LogP contribution in [0, 0.1) is 29.1 Å². The first kappa shape index (κ1) is 11.9. The van der Waals surface area contributed by atoms with Crippen LogP contribution in [0.1, 0.15) is 11.7 Å². The van der Waals surface area contributed by atoms with Gasteiger partial charge in [-0.15, -0.1) is 0 Å². The molecule has 0 heterocycles. The van der Waals surface area contributed by atoms with E-state index < -0.39 is 47.4 Å². The average Bonchev–Trinajstić information content (AvgIpc) is 2.23. The van der Waals surface area contributed by atoms with Crippen LogP contribution >= 0.6 is 0 Å². The number of aliphatic hydroxyl groups is 2. The van der Waals surface area contributed by atoms with Crippen LogP contribution < -0.4 is 0 Å². The van der Waals surface area contributed by atoms with Crippen LogP contribution in [-0.2, 0) is 0 Å². The summed E-state index contributed by atoms with van der Waals surface area (Å²) >= 11 is 0. The van der Waals surface area contributed by atoms with Gasteiger partial charge in [0.25, 0.3) is 0 Å². The topological polar surface area (TPSA) is 40.5 Å². The lowest BCUT2D eigenvalue weighted by molar-refractivity contribution is 0.0873. The summed E-state index contributed by atoms with van der Waals surface area (Å²) in [5.41, 5.74) is -1.44. The van der Waals surface area contributed by atoms with Crippen LogP contribution in [0.3, 0.4) is 0 Å². The van der Waals surface area contributed by atoms with E-state index in [4.69, 9.17) is 10.2 Å². The Labute approximate surface area is 80.6 Å². The average molecular weight is 228 g/mol. The number of hydrogen-bond donors (Lipinski definition) is 2. The zero-order valence-corrected chi connectivity index (χ0v) is 7.07. The summed E-state index contributed by atoms with van der Waals surface area (Å²) in [4.78, 5) is 0. The minimum Gasteiger partial charge on any atom is -0.393 e. The van der Waals surface area contributed by atoms with Crippen LogP contribution in [0.4, 0.5) is 22.0 Å². The van der Waals surface area contributed by atoms with E-state index in [1.807, 2.05) is 0 Å². The third-order valence-corrected chi connectivity index (χ3v) is 1.75. The summed E-state index contributed by atoms with van der Waals surface area (Å²) in [5, 5.41) is 17.2. The van der Waals surface area contributed by atoms with Gasteiger partial charge < -0.3 is 10.2 Å². The van der Waals surface area contributed by atoms with Crippen molar-refractivity contribution >= 4 is 0 Å². The Hall–Kier alpha value is -1.21. The first-order valence-electron chi connectivity index (χ1n) is 3.72. The van der Waals surface area contributed by atoms with Crippen LogP contribution in [0.5, 0.6) is 0 Å². The predicted molar refractivity (Wildman–Crippen MR) is 38.3 cm³/mol. The molecule has 1 unspecified atom stereocenters. The first-order valence-corrected chi connectivity index (χ1v) is 3.72. The maximum atomic E-state index is 12.8. The van der Waals surface area contributed by atoms with E-state index in [0.717, 1.165) is 0 Å². The van der Waals surface area contributed by atoms with Gasteiger partial charge in [-0.25, -0.2) is 22.0 Å². The molecule has 2 N–H and O–H groups in total. The van der Waals surface area contributed by atoms with Crippen molar-refractivity contribution in [3.63, 3.8) is 0 Å². The Balaban J connectivity index is 3.52. The van der Waals surface area contributed by atoms with Crippen molar-refractivity contribution in [1.82, 2.24) is 0 Å². The lowest BCUT2D eigenvalue weighted by atomic mass is 10.1. The molecule has 0 fully saturated rings. The summed E-state index contributed by atoms with van der Waals surface area (Å²) in [6.07, 6.45) is -2.16. The molecule has 1 atom stereocenters. The van der Waals surface area contributed by atoms with Gasteiger partial charge in [-0.2, -0.15) is 0 Å². The number of hydrogen-bond acceptors (Lipinski definition) is 2. The second kappa shape index (κ2) is 4.11. The minimum atomic E-state index is -2.31. The van der Waals surface area contributed by atoms with Gasteiger partial charge in [-0.3, -0.25) is 0 Å². The Morgan fingerprint density at radius 3 is 1.47 bits per heavy atom. The van der Waals surface area contributed by atoms with Crippen LogP contribution in [0.2, 0.25) is 0 Å². The quantitative estimate of drug-likeness (QED) is 0.456. The second-order valence-electron chi connectivity index (χ2n) is 2.68. The molecule has 0 aliphatic heterocycles. The smallest absolute Gasteiger partial charge is 0.200 e. The highest BCUT2D eigenvalue weighted by Gasteiger charge is 2.29. The monoisotopic (exact) mass is 228 g/mol. The molecular weight excluding hydrogens is 223 g/mol. The van der Waals surface area contributed by atoms with Crippen molar-refractivity contribution in [2.24, 2.45) is 0 Å². The summed E-state index contributed by atoms with van der Waals surface area (Å²) in [6.45, 7) is -1.15. The molecule has 1 rings (SSSR count). The maximum Gasteiger partial charge on any atom is 0.200 e. The molecule has 0 aliphatic carbocycles. The van der Waals surface area contributed by atoms with E-state index in [1.54, 1.807) is 0 Å². The molecule has 0 saturated heterocycles. The highest BCUT2D eigenvalue weighted by Crippen LogP contribution is 2.27. The molecule has 0 saturated carbocycles. The molecule has 15 heavy (non-hydrogen) atoms. The van der Waals surface area contributed by atoms with Crippen molar-refractivity contribution in [3.8, 4) is 0 Å². The van der Waals surface area contributed by atoms with Gasteiger partial charge in [-0.1, -0.05) is 0 Å². The molecule has 7 heteroatoms. The Bertz CT molecular complexity index is 364. The van der Waals surface area contributed by atoms with Crippen LogP contribution in [0.15, 0.2) is 0 Å². The molecule has 2 nitrogen and oxygen atoms in total. The molecule has 0 radical (unpaired) electrons. The summed E-state index contributed by atoms with van der Waals surface area (Å²) in [5.74, 6) is -10.9. The van der Waals surface area contributed by atoms with Crippen LogP contribution in [0.25, 0.3) is 0 Å². The van der Waals surface area contributed by atoms with E-state index in [2.05, 4.69) is 0 Å². The molecule has 1 aromatic rings. The lowest BCUT2D eigenvalue weighted by Crippen LogP contribution is -2.13. The largest absolute Gasteiger partial charge is 0.393 e. The molecule has 0 amide bonds. The number of benzene rings is 1. The molecule has 84 valence electrons. The fourth-order valence-electron chi connectivity index (χ4n) is 1.01. The normalized spacial score (nSPS) is 13.0. The molecule has 1 aromatic carbocycles. The number of rotatable bonds is 2. The van der Waals surface area contributed by atoms with E-state index in [9.17, 15) is 22.0 Å². The molecule has 0 bridgehead atoms. The Morgan fingerprint density at radius 1 is 0.800 bits per heavy atom. The molecule has 0 aromatic heterocycles. The third-order valence-electron chi connectivity index (χ3n) is 1.75. The van der Waals surface area contributed by atoms with E-state index in [1.165, 1.54) is 0 Å². The van der Waals surface area contributed by atoms with Crippen molar-refractivity contribution in [2.75, 3.05) is 6.61 Å². The summed E-state index contributed by atoms with van der Waals surface area (Å²) < 4.78 is 63.3. The fourth-order valence-corrected chi connectivity index (χ4v) is 1.01. The van der Waals surface area contributed by atoms with Gasteiger partial charge in [0.15, 0.2) is 23.3 Å². The molecular formula is C8H5F5O2. The van der Waals surface area contributed by atoms with Gasteiger partial charge >= 0.3 is 0 Å². The van der Waals surface area contributed by atoms with Crippen molar-refractivity contribution in [2.45, 2.75) is 6.10 Å².